The van der Waals surface area contributed by atoms with Crippen molar-refractivity contribution in [2.45, 2.75) is 24.2 Å². The summed E-state index contributed by atoms with van der Waals surface area (Å²) in [6, 6.07) is 11.4. The minimum Gasteiger partial charge on any atom is -0.497 e. The Labute approximate surface area is 200 Å². The lowest BCUT2D eigenvalue weighted by Crippen LogP contribution is -2.33. The first-order valence-electron chi connectivity index (χ1n) is 10.9. The van der Waals surface area contributed by atoms with Crippen LogP contribution >= 0.6 is 24.2 Å². The van der Waals surface area contributed by atoms with E-state index in [1.807, 2.05) is 42.5 Å². The quantitative estimate of drug-likeness (QED) is 0.378. The zero-order chi connectivity index (χ0) is 21.5. The number of carbonyl (C=O) groups is 1. The number of carbonyl (C=O) groups excluding carboxylic acids is 1. The van der Waals surface area contributed by atoms with Crippen LogP contribution in [0.4, 0.5) is 0 Å². The van der Waals surface area contributed by atoms with Crippen molar-refractivity contribution in [1.82, 2.24) is 4.90 Å². The minimum atomic E-state index is -0.0715. The van der Waals surface area contributed by atoms with Gasteiger partial charge in [0.2, 0.25) is 0 Å². The third-order valence-corrected chi connectivity index (χ3v) is 6.57. The zero-order valence-electron chi connectivity index (χ0n) is 18.4. The molecule has 0 aromatic heterocycles. The number of ether oxygens (including phenoxy) is 3. The Morgan fingerprint density at radius 3 is 2.69 bits per heavy atom. The lowest BCUT2D eigenvalue weighted by molar-refractivity contribution is 0.104. The van der Waals surface area contributed by atoms with E-state index in [-0.39, 0.29) is 18.2 Å². The average molecular weight is 476 g/mol. The van der Waals surface area contributed by atoms with E-state index in [2.05, 4.69) is 4.90 Å². The van der Waals surface area contributed by atoms with Crippen LogP contribution in [0.25, 0.3) is 6.08 Å². The van der Waals surface area contributed by atoms with Gasteiger partial charge in [0.15, 0.2) is 5.78 Å². The summed E-state index contributed by atoms with van der Waals surface area (Å²) in [5, 5.41) is 0. The highest BCUT2D eigenvalue weighted by molar-refractivity contribution is 7.99. The Morgan fingerprint density at radius 2 is 1.94 bits per heavy atom. The third-order valence-electron chi connectivity index (χ3n) is 5.57. The molecule has 172 valence electrons. The van der Waals surface area contributed by atoms with E-state index >= 15 is 0 Å². The molecule has 5 nitrogen and oxygen atoms in total. The molecule has 0 radical (unpaired) electrons. The molecule has 32 heavy (non-hydrogen) atoms. The summed E-state index contributed by atoms with van der Waals surface area (Å²) in [6.45, 7) is 4.37. The Hall–Kier alpha value is -2.15. The first-order chi connectivity index (χ1) is 15.2. The fourth-order valence-corrected chi connectivity index (χ4v) is 4.67. The number of halogens is 1. The second-order valence-corrected chi connectivity index (χ2v) is 8.85. The molecule has 7 heteroatoms. The molecule has 2 aliphatic rings. The fraction of sp³-hybridized carbons (Fsp3) is 0.400. The van der Waals surface area contributed by atoms with Crippen LogP contribution in [-0.2, 0) is 0 Å². The van der Waals surface area contributed by atoms with Crippen molar-refractivity contribution in [3.63, 3.8) is 0 Å². The number of benzene rings is 2. The van der Waals surface area contributed by atoms with Gasteiger partial charge in [0.05, 0.1) is 24.2 Å². The average Bonchev–Trinajstić information content (AvgIpc) is 2.83. The van der Waals surface area contributed by atoms with E-state index in [9.17, 15) is 4.79 Å². The molecule has 0 saturated carbocycles. The molecular weight excluding hydrogens is 446 g/mol. The smallest absolute Gasteiger partial charge is 0.189 e. The van der Waals surface area contributed by atoms with Crippen LogP contribution in [-0.4, -0.2) is 56.4 Å². The number of hydrogen-bond donors (Lipinski definition) is 0. The van der Waals surface area contributed by atoms with Crippen molar-refractivity contribution < 1.29 is 19.0 Å². The summed E-state index contributed by atoms with van der Waals surface area (Å²) in [6.07, 6.45) is 7.25. The molecule has 2 heterocycles. The number of likely N-dealkylation sites (tertiary alicyclic amines) is 1. The van der Waals surface area contributed by atoms with E-state index in [0.717, 1.165) is 47.3 Å². The maximum Gasteiger partial charge on any atom is 0.189 e. The van der Waals surface area contributed by atoms with Crippen LogP contribution in [0.1, 0.15) is 35.2 Å². The highest BCUT2D eigenvalue weighted by Crippen LogP contribution is 2.38. The molecule has 1 fully saturated rings. The maximum atomic E-state index is 13.1. The Morgan fingerprint density at radius 1 is 1.16 bits per heavy atom. The van der Waals surface area contributed by atoms with Crippen molar-refractivity contribution in [2.24, 2.45) is 0 Å². The number of piperidine rings is 1. The van der Waals surface area contributed by atoms with E-state index in [1.54, 1.807) is 24.9 Å². The van der Waals surface area contributed by atoms with Crippen molar-refractivity contribution in [3.05, 3.63) is 53.6 Å². The third kappa shape index (κ3) is 6.44. The second kappa shape index (κ2) is 12.2. The normalized spacial score (nSPS) is 16.0. The molecule has 0 aliphatic carbocycles. The van der Waals surface area contributed by atoms with Crippen molar-refractivity contribution in [2.75, 3.05) is 45.7 Å². The molecule has 2 aromatic rings. The molecule has 4 rings (SSSR count). The summed E-state index contributed by atoms with van der Waals surface area (Å²) in [5.41, 5.74) is 1.53. The van der Waals surface area contributed by atoms with Crippen LogP contribution in [0.15, 0.2) is 47.4 Å². The molecule has 0 amide bonds. The SMILES string of the molecule is COc1ccc(/C=C/C(=O)c2cc3c(cc2OCCN2CCCCC2)OCCS3)cc1.Cl. The highest BCUT2D eigenvalue weighted by atomic mass is 35.5. The molecule has 0 N–H and O–H groups in total. The number of thioether (sulfide) groups is 1. The van der Waals surface area contributed by atoms with Gasteiger partial charge in [-0.15, -0.1) is 24.2 Å². The van der Waals surface area contributed by atoms with Gasteiger partial charge in [-0.25, -0.2) is 0 Å². The number of rotatable bonds is 8. The van der Waals surface area contributed by atoms with E-state index in [1.165, 1.54) is 19.3 Å². The van der Waals surface area contributed by atoms with Crippen LogP contribution in [0.2, 0.25) is 0 Å². The number of allylic oxidation sites excluding steroid dienone is 1. The van der Waals surface area contributed by atoms with Gasteiger partial charge in [-0.2, -0.15) is 0 Å². The monoisotopic (exact) mass is 475 g/mol. The van der Waals surface area contributed by atoms with Crippen LogP contribution in [0.3, 0.4) is 0 Å². The summed E-state index contributed by atoms with van der Waals surface area (Å²) in [5.74, 6) is 3.01. The Bertz CT molecular complexity index is 926. The number of fused-ring (bicyclic) bond motifs is 1. The number of methoxy groups -OCH3 is 1. The number of nitrogens with zero attached hydrogens (tertiary/aromatic N) is 1. The van der Waals surface area contributed by atoms with Crippen molar-refractivity contribution in [1.29, 1.82) is 0 Å². The number of hydrogen-bond acceptors (Lipinski definition) is 6. The summed E-state index contributed by atoms with van der Waals surface area (Å²) < 4.78 is 17.1. The van der Waals surface area contributed by atoms with E-state index in [0.29, 0.717) is 24.5 Å². The van der Waals surface area contributed by atoms with Crippen LogP contribution in [0.5, 0.6) is 17.2 Å². The summed E-state index contributed by atoms with van der Waals surface area (Å²) >= 11 is 1.72. The molecule has 0 spiro atoms. The first-order valence-corrected chi connectivity index (χ1v) is 11.9. The fourth-order valence-electron chi connectivity index (χ4n) is 3.83. The van der Waals surface area contributed by atoms with Gasteiger partial charge in [-0.1, -0.05) is 24.6 Å². The zero-order valence-corrected chi connectivity index (χ0v) is 20.0. The van der Waals surface area contributed by atoms with E-state index in [4.69, 9.17) is 14.2 Å². The van der Waals surface area contributed by atoms with Gasteiger partial charge < -0.3 is 14.2 Å². The van der Waals surface area contributed by atoms with Gasteiger partial charge in [0.1, 0.15) is 23.9 Å². The molecular formula is C25H30ClNO4S. The second-order valence-electron chi connectivity index (χ2n) is 7.71. The Kier molecular flexibility index (Phi) is 9.33. The predicted octanol–water partition coefficient (Wildman–Crippen LogP) is 5.36. The topological polar surface area (TPSA) is 48.0 Å². The van der Waals surface area contributed by atoms with Gasteiger partial charge in [-0.3, -0.25) is 9.69 Å². The van der Waals surface area contributed by atoms with Gasteiger partial charge in [0, 0.05) is 18.4 Å². The lowest BCUT2D eigenvalue weighted by Gasteiger charge is -2.26. The predicted molar refractivity (Wildman–Crippen MR) is 132 cm³/mol. The molecule has 2 aliphatic heterocycles. The minimum absolute atomic E-state index is 0. The molecule has 0 atom stereocenters. The molecule has 0 unspecified atom stereocenters. The van der Waals surface area contributed by atoms with Crippen LogP contribution in [0, 0.1) is 0 Å². The van der Waals surface area contributed by atoms with E-state index < -0.39 is 0 Å². The van der Waals surface area contributed by atoms with Gasteiger partial charge in [-0.05, 0) is 55.8 Å². The standard InChI is InChI=1S/C25H29NO4S.ClH/c1-28-20-8-5-19(6-9-20)7-10-22(27)21-17-25-24(30-15-16-31-25)18-23(21)29-14-13-26-11-3-2-4-12-26;/h5-10,17-18H,2-4,11-16H2,1H3;1H/b10-7+;. The Balaban J connectivity index is 0.00000289. The van der Waals surface area contributed by atoms with Crippen molar-refractivity contribution in [3.8, 4) is 17.2 Å². The first kappa shape index (κ1) is 24.5. The van der Waals surface area contributed by atoms with Crippen molar-refractivity contribution >= 4 is 36.0 Å². The molecule has 1 saturated heterocycles. The maximum absolute atomic E-state index is 13.1. The van der Waals surface area contributed by atoms with Crippen LogP contribution < -0.4 is 14.2 Å². The highest BCUT2D eigenvalue weighted by Gasteiger charge is 2.19. The summed E-state index contributed by atoms with van der Waals surface area (Å²) in [4.78, 5) is 16.5. The lowest BCUT2D eigenvalue weighted by atomic mass is 10.1. The number of ketones is 1. The summed E-state index contributed by atoms with van der Waals surface area (Å²) in [7, 11) is 1.64. The molecule has 0 bridgehead atoms. The van der Waals surface area contributed by atoms with Gasteiger partial charge >= 0.3 is 0 Å². The largest absolute Gasteiger partial charge is 0.497 e. The van der Waals surface area contributed by atoms with Gasteiger partial charge in [0.25, 0.3) is 0 Å². The molecule has 2 aromatic carbocycles.